The number of benzene rings is 2. The highest BCUT2D eigenvalue weighted by atomic mass is 32.2. The Labute approximate surface area is 193 Å². The van der Waals surface area contributed by atoms with E-state index in [9.17, 15) is 22.6 Å². The van der Waals surface area contributed by atoms with Gasteiger partial charge < -0.3 is 18.6 Å². The maximum atomic E-state index is 13.0. The maximum absolute atomic E-state index is 13.0. The van der Waals surface area contributed by atoms with Crippen molar-refractivity contribution in [3.8, 4) is 5.75 Å². The Morgan fingerprint density at radius 2 is 1.88 bits per heavy atom. The average molecular weight is 495 g/mol. The van der Waals surface area contributed by atoms with Gasteiger partial charge in [-0.2, -0.15) is 13.1 Å². The SMILES string of the molecule is CNS(=O)(=O)Nc1ccccc1[S+]([O-])Nc1c(C)c2ccc(OC(=O)N(C)C)cc2oc1=O. The molecule has 0 saturated carbocycles. The fourth-order valence-corrected chi connectivity index (χ4v) is 4.45. The molecule has 1 unspecified atom stereocenters. The van der Waals surface area contributed by atoms with Gasteiger partial charge in [-0.3, -0.25) is 4.72 Å². The lowest BCUT2D eigenvalue weighted by Gasteiger charge is -2.16. The number of carbonyl (C=O) groups is 1. The molecule has 0 fully saturated rings. The molecule has 0 aliphatic heterocycles. The molecule has 176 valence electrons. The van der Waals surface area contributed by atoms with Crippen molar-refractivity contribution in [2.45, 2.75) is 11.8 Å². The first-order chi connectivity index (χ1) is 15.5. The molecule has 2 aromatic carbocycles. The number of nitrogens with zero attached hydrogens (tertiary/aromatic N) is 1. The third-order valence-corrected chi connectivity index (χ3v) is 6.67. The van der Waals surface area contributed by atoms with Gasteiger partial charge in [0.1, 0.15) is 28.4 Å². The standard InChI is InChI=1S/C20H22N4O7S2/c1-12-14-10-9-13(30-20(26)24(3)4)11-16(14)31-19(25)18(12)22-32(27)17-8-6-5-7-15(17)23-33(28,29)21-2/h5-11,21-23H,1-4H3. The van der Waals surface area contributed by atoms with Crippen molar-refractivity contribution in [2.24, 2.45) is 0 Å². The van der Waals surface area contributed by atoms with Crippen molar-refractivity contribution in [1.82, 2.24) is 9.62 Å². The molecule has 0 radical (unpaired) electrons. The first-order valence-electron chi connectivity index (χ1n) is 9.47. The number of carbonyl (C=O) groups excluding carboxylic acids is 1. The predicted octanol–water partition coefficient (Wildman–Crippen LogP) is 2.17. The zero-order valence-corrected chi connectivity index (χ0v) is 19.8. The fourth-order valence-electron chi connectivity index (χ4n) is 2.77. The van der Waals surface area contributed by atoms with E-state index in [1.165, 1.54) is 44.2 Å². The first-order valence-corrected chi connectivity index (χ1v) is 12.1. The summed E-state index contributed by atoms with van der Waals surface area (Å²) in [6.45, 7) is 1.64. The van der Waals surface area contributed by atoms with Crippen molar-refractivity contribution < 1.29 is 26.9 Å². The molecular formula is C20H22N4O7S2. The highest BCUT2D eigenvalue weighted by molar-refractivity contribution is 7.93. The van der Waals surface area contributed by atoms with Gasteiger partial charge in [-0.15, -0.1) is 0 Å². The molecule has 1 atom stereocenters. The number of ether oxygens (including phenoxy) is 1. The molecule has 0 spiro atoms. The molecule has 1 amide bonds. The first kappa shape index (κ1) is 24.4. The smallest absolute Gasteiger partial charge is 0.414 e. The Kier molecular flexibility index (Phi) is 7.17. The largest absolute Gasteiger partial charge is 0.588 e. The van der Waals surface area contributed by atoms with Gasteiger partial charge in [-0.1, -0.05) is 12.1 Å². The number of fused-ring (bicyclic) bond motifs is 1. The Morgan fingerprint density at radius 1 is 1.18 bits per heavy atom. The Morgan fingerprint density at radius 3 is 2.55 bits per heavy atom. The average Bonchev–Trinajstić information content (AvgIpc) is 2.76. The normalized spacial score (nSPS) is 12.3. The van der Waals surface area contributed by atoms with E-state index in [4.69, 9.17) is 9.15 Å². The van der Waals surface area contributed by atoms with Crippen molar-refractivity contribution in [1.29, 1.82) is 0 Å². The van der Waals surface area contributed by atoms with Crippen molar-refractivity contribution in [3.63, 3.8) is 0 Å². The van der Waals surface area contributed by atoms with Crippen molar-refractivity contribution >= 4 is 50.0 Å². The zero-order chi connectivity index (χ0) is 24.3. The lowest BCUT2D eigenvalue weighted by atomic mass is 10.1. The minimum absolute atomic E-state index is 0.0508. The molecule has 0 saturated heterocycles. The summed E-state index contributed by atoms with van der Waals surface area (Å²) in [5, 5.41) is 0.530. The van der Waals surface area contributed by atoms with Crippen LogP contribution in [0.15, 0.2) is 56.6 Å². The van der Waals surface area contributed by atoms with Gasteiger partial charge in [-0.25, -0.2) is 14.3 Å². The summed E-state index contributed by atoms with van der Waals surface area (Å²) in [4.78, 5) is 25.7. The van der Waals surface area contributed by atoms with Gasteiger partial charge in [-0.05, 0) is 36.8 Å². The molecule has 3 aromatic rings. The molecule has 0 aliphatic rings. The van der Waals surface area contributed by atoms with Crippen LogP contribution in [0.5, 0.6) is 5.75 Å². The van der Waals surface area contributed by atoms with Gasteiger partial charge >= 0.3 is 11.7 Å². The topological polar surface area (TPSA) is 153 Å². The number of aryl methyl sites for hydroxylation is 1. The maximum Gasteiger partial charge on any atom is 0.414 e. The molecular weight excluding hydrogens is 472 g/mol. The Bertz CT molecular complexity index is 1360. The molecule has 1 heterocycles. The van der Waals surface area contributed by atoms with E-state index in [1.807, 2.05) is 0 Å². The van der Waals surface area contributed by atoms with E-state index >= 15 is 0 Å². The molecule has 1 aromatic heterocycles. The van der Waals surface area contributed by atoms with Gasteiger partial charge in [0, 0.05) is 32.6 Å². The lowest BCUT2D eigenvalue weighted by molar-refractivity contribution is 0.172. The van der Waals surface area contributed by atoms with E-state index < -0.39 is 33.3 Å². The lowest BCUT2D eigenvalue weighted by Crippen LogP contribution is -2.28. The van der Waals surface area contributed by atoms with Crippen LogP contribution in [-0.4, -0.2) is 45.1 Å². The highest BCUT2D eigenvalue weighted by Gasteiger charge is 2.23. The van der Waals surface area contributed by atoms with Gasteiger partial charge in [0.15, 0.2) is 5.69 Å². The second kappa shape index (κ2) is 9.70. The van der Waals surface area contributed by atoms with Crippen LogP contribution in [0.4, 0.5) is 16.2 Å². The number of hydrogen-bond donors (Lipinski definition) is 3. The second-order valence-electron chi connectivity index (χ2n) is 6.99. The van der Waals surface area contributed by atoms with Gasteiger partial charge in [0.05, 0.1) is 0 Å². The van der Waals surface area contributed by atoms with Crippen LogP contribution in [0.1, 0.15) is 5.56 Å². The third-order valence-electron chi connectivity index (χ3n) is 4.50. The summed E-state index contributed by atoms with van der Waals surface area (Å²) in [7, 11) is 0.457. The number of rotatable bonds is 7. The highest BCUT2D eigenvalue weighted by Crippen LogP contribution is 2.29. The Hall–Kier alpha value is -3.26. The second-order valence-corrected chi connectivity index (χ2v) is 9.79. The predicted molar refractivity (Wildman–Crippen MR) is 125 cm³/mol. The van der Waals surface area contributed by atoms with Gasteiger partial charge in [0.25, 0.3) is 10.2 Å². The number of nitrogens with one attached hydrogen (secondary N) is 3. The molecule has 11 nitrogen and oxygen atoms in total. The molecule has 33 heavy (non-hydrogen) atoms. The van der Waals surface area contributed by atoms with E-state index in [-0.39, 0.29) is 27.6 Å². The summed E-state index contributed by atoms with van der Waals surface area (Å²) in [6.07, 6.45) is -0.588. The molecule has 0 aliphatic carbocycles. The van der Waals surface area contributed by atoms with Crippen molar-refractivity contribution in [3.05, 3.63) is 58.4 Å². The zero-order valence-electron chi connectivity index (χ0n) is 18.2. The third kappa shape index (κ3) is 5.57. The van der Waals surface area contributed by atoms with Crippen LogP contribution in [0.25, 0.3) is 11.0 Å². The molecule has 3 rings (SSSR count). The minimum Gasteiger partial charge on any atom is -0.588 e. The molecule has 0 bridgehead atoms. The number of anilines is 2. The van der Waals surface area contributed by atoms with E-state index in [0.29, 0.717) is 10.9 Å². The summed E-state index contributed by atoms with van der Waals surface area (Å²) in [5.74, 6) is 0.193. The summed E-state index contributed by atoms with van der Waals surface area (Å²) < 4.78 is 54.2. The summed E-state index contributed by atoms with van der Waals surface area (Å²) in [6, 6.07) is 10.6. The summed E-state index contributed by atoms with van der Waals surface area (Å²) in [5.41, 5.74) is -0.135. The van der Waals surface area contributed by atoms with E-state index in [0.717, 1.165) is 0 Å². The number of para-hydroxylation sites is 1. The summed E-state index contributed by atoms with van der Waals surface area (Å²) >= 11 is -2.00. The number of hydrogen-bond acceptors (Lipinski definition) is 8. The number of amides is 1. The van der Waals surface area contributed by atoms with Crippen LogP contribution < -0.4 is 24.5 Å². The van der Waals surface area contributed by atoms with Crippen LogP contribution in [0, 0.1) is 6.92 Å². The van der Waals surface area contributed by atoms with Crippen LogP contribution in [0.3, 0.4) is 0 Å². The fraction of sp³-hybridized carbons (Fsp3) is 0.200. The van der Waals surface area contributed by atoms with Crippen LogP contribution in [0.2, 0.25) is 0 Å². The monoisotopic (exact) mass is 494 g/mol. The quantitative estimate of drug-likeness (QED) is 0.334. The molecule has 3 N–H and O–H groups in total. The van der Waals surface area contributed by atoms with Crippen molar-refractivity contribution in [2.75, 3.05) is 30.6 Å². The van der Waals surface area contributed by atoms with E-state index in [1.54, 1.807) is 31.2 Å². The van der Waals surface area contributed by atoms with Crippen LogP contribution >= 0.6 is 0 Å². The minimum atomic E-state index is -3.85. The van der Waals surface area contributed by atoms with Gasteiger partial charge in [0.2, 0.25) is 4.90 Å². The molecule has 13 heteroatoms. The van der Waals surface area contributed by atoms with E-state index in [2.05, 4.69) is 14.2 Å². The van der Waals surface area contributed by atoms with Crippen LogP contribution in [-0.2, 0) is 21.6 Å². The Balaban J connectivity index is 1.94.